The molecule has 1 fully saturated rings. The molecule has 1 heterocycles. The van der Waals surface area contributed by atoms with Crippen molar-refractivity contribution < 1.29 is 46.9 Å². The molecule has 0 spiro atoms. The van der Waals surface area contributed by atoms with Gasteiger partial charge in [0.1, 0.15) is 6.42 Å². The minimum Gasteiger partial charge on any atom is -0.427 e. The molecule has 0 amide bonds. The number of ether oxygens (including phenoxy) is 4. The van der Waals surface area contributed by atoms with Gasteiger partial charge in [-0.15, -0.1) is 0 Å². The minimum atomic E-state index is -4.59. The van der Waals surface area contributed by atoms with Gasteiger partial charge in [-0.05, 0) is 0 Å². The van der Waals surface area contributed by atoms with Gasteiger partial charge in [-0.3, -0.25) is 9.59 Å². The number of halogens is 2. The third-order valence-electron chi connectivity index (χ3n) is 1.62. The maximum Gasteiger partial charge on any atom is 0.437 e. The summed E-state index contributed by atoms with van der Waals surface area (Å²) in [6, 6.07) is 0. The highest BCUT2D eigenvalue weighted by Crippen LogP contribution is 2.18. The predicted molar refractivity (Wildman–Crippen MR) is 43.7 cm³/mol. The summed E-state index contributed by atoms with van der Waals surface area (Å²) in [4.78, 5) is 43.2. The maximum atomic E-state index is 12.9. The van der Waals surface area contributed by atoms with E-state index in [9.17, 15) is 28.0 Å². The van der Waals surface area contributed by atoms with E-state index in [1.807, 2.05) is 0 Å². The van der Waals surface area contributed by atoms with E-state index in [1.165, 1.54) is 0 Å². The van der Waals surface area contributed by atoms with Gasteiger partial charge in [0.2, 0.25) is 13.6 Å². The third-order valence-corrected chi connectivity index (χ3v) is 1.62. The summed E-state index contributed by atoms with van der Waals surface area (Å²) in [5, 5.41) is 0. The van der Waals surface area contributed by atoms with Gasteiger partial charge in [0.25, 0.3) is 0 Å². The van der Waals surface area contributed by atoms with Crippen molar-refractivity contribution in [1.82, 2.24) is 0 Å². The van der Waals surface area contributed by atoms with Crippen molar-refractivity contribution in [3.63, 3.8) is 0 Å². The Bertz CT molecular complexity index is 357. The summed E-state index contributed by atoms with van der Waals surface area (Å²) in [6.07, 6.45) is -0.842. The van der Waals surface area contributed by atoms with Crippen LogP contribution in [0.15, 0.2) is 0 Å². The number of alkyl halides is 2. The first kappa shape index (κ1) is 13.8. The number of carbonyl (C=O) groups excluding carboxylic acids is 4. The lowest BCUT2D eigenvalue weighted by atomic mass is 10.3. The van der Waals surface area contributed by atoms with Crippen molar-refractivity contribution in [1.29, 1.82) is 0 Å². The second kappa shape index (κ2) is 5.38. The molecule has 8 nitrogen and oxygen atoms in total. The lowest BCUT2D eigenvalue weighted by molar-refractivity contribution is -0.206. The van der Waals surface area contributed by atoms with E-state index in [0.29, 0.717) is 0 Å². The zero-order chi connectivity index (χ0) is 13.8. The van der Waals surface area contributed by atoms with Crippen molar-refractivity contribution in [3.05, 3.63) is 0 Å². The van der Waals surface area contributed by atoms with E-state index in [2.05, 4.69) is 18.9 Å². The van der Waals surface area contributed by atoms with Crippen LogP contribution in [0.5, 0.6) is 0 Å². The molecule has 0 aromatic heterocycles. The Kier molecular flexibility index (Phi) is 4.13. The average Bonchev–Trinajstić information content (AvgIpc) is 2.27. The van der Waals surface area contributed by atoms with E-state index in [1.54, 1.807) is 0 Å². The first-order valence-electron chi connectivity index (χ1n) is 4.37. The molecule has 0 aliphatic carbocycles. The van der Waals surface area contributed by atoms with E-state index < -0.39 is 49.8 Å². The Morgan fingerprint density at radius 1 is 0.778 bits per heavy atom. The van der Waals surface area contributed by atoms with Crippen molar-refractivity contribution in [2.24, 2.45) is 0 Å². The van der Waals surface area contributed by atoms with E-state index >= 15 is 0 Å². The molecule has 0 aromatic carbocycles. The summed E-state index contributed by atoms with van der Waals surface area (Å²) in [5.41, 5.74) is 0. The van der Waals surface area contributed by atoms with Gasteiger partial charge in [0, 0.05) is 0 Å². The van der Waals surface area contributed by atoms with Gasteiger partial charge in [-0.1, -0.05) is 0 Å². The van der Waals surface area contributed by atoms with Crippen LogP contribution in [-0.2, 0) is 38.1 Å². The highest BCUT2D eigenvalue weighted by Gasteiger charge is 2.51. The van der Waals surface area contributed by atoms with Crippen molar-refractivity contribution in [2.75, 3.05) is 13.6 Å². The molecule has 0 aromatic rings. The van der Waals surface area contributed by atoms with Crippen LogP contribution in [0.4, 0.5) is 8.78 Å². The first-order chi connectivity index (χ1) is 8.34. The van der Waals surface area contributed by atoms with Gasteiger partial charge < -0.3 is 18.9 Å². The molecule has 1 rings (SSSR count). The Balaban J connectivity index is 2.76. The summed E-state index contributed by atoms with van der Waals surface area (Å²) in [7, 11) is 0. The highest BCUT2D eigenvalue weighted by molar-refractivity contribution is 6.01. The smallest absolute Gasteiger partial charge is 0.427 e. The average molecular weight is 268 g/mol. The molecule has 100 valence electrons. The number of hydrogen-bond acceptors (Lipinski definition) is 8. The van der Waals surface area contributed by atoms with Gasteiger partial charge >= 0.3 is 29.8 Å². The molecular formula is C8H6F2O8. The molecule has 1 saturated heterocycles. The molecule has 0 radical (unpaired) electrons. The van der Waals surface area contributed by atoms with Gasteiger partial charge in [0.15, 0.2) is 0 Å². The fourth-order valence-electron chi connectivity index (χ4n) is 0.782. The topological polar surface area (TPSA) is 105 Å². The molecule has 1 aliphatic rings. The molecule has 0 N–H and O–H groups in total. The second-order valence-corrected chi connectivity index (χ2v) is 2.88. The van der Waals surface area contributed by atoms with Crippen LogP contribution in [0.3, 0.4) is 0 Å². The number of hydrogen-bond donors (Lipinski definition) is 0. The number of esters is 4. The van der Waals surface area contributed by atoms with E-state index in [0.717, 1.165) is 0 Å². The SMILES string of the molecule is O=C1CC(=O)OCOC(=O)C(F)(F)C(=O)OCO1. The normalized spacial score (nSPS) is 21.7. The van der Waals surface area contributed by atoms with Crippen LogP contribution in [-0.4, -0.2) is 43.4 Å². The van der Waals surface area contributed by atoms with Crippen molar-refractivity contribution in [3.8, 4) is 0 Å². The molecule has 0 unspecified atom stereocenters. The van der Waals surface area contributed by atoms with Gasteiger partial charge in [-0.25, -0.2) is 9.59 Å². The molecule has 0 atom stereocenters. The number of cyclic esters (lactones) is 4. The Morgan fingerprint density at radius 2 is 1.17 bits per heavy atom. The van der Waals surface area contributed by atoms with Crippen LogP contribution >= 0.6 is 0 Å². The standard InChI is InChI=1S/C8H6F2O8/c9-8(10)6(13)17-2-15-4(11)1-5(12)16-3-18-7(8)14/h1-3H2. The van der Waals surface area contributed by atoms with E-state index in [-0.39, 0.29) is 0 Å². The largest absolute Gasteiger partial charge is 0.437 e. The van der Waals surface area contributed by atoms with Crippen molar-refractivity contribution >= 4 is 23.9 Å². The lowest BCUT2D eigenvalue weighted by Crippen LogP contribution is -2.42. The lowest BCUT2D eigenvalue weighted by Gasteiger charge is -2.15. The molecule has 0 saturated carbocycles. The monoisotopic (exact) mass is 268 g/mol. The summed E-state index contributed by atoms with van der Waals surface area (Å²) >= 11 is 0. The van der Waals surface area contributed by atoms with E-state index in [4.69, 9.17) is 0 Å². The van der Waals surface area contributed by atoms with Crippen LogP contribution in [0.1, 0.15) is 6.42 Å². The fourth-order valence-corrected chi connectivity index (χ4v) is 0.782. The van der Waals surface area contributed by atoms with Crippen LogP contribution in [0, 0.1) is 0 Å². The minimum absolute atomic E-state index is 0.842. The third kappa shape index (κ3) is 3.37. The number of rotatable bonds is 0. The van der Waals surface area contributed by atoms with Crippen LogP contribution < -0.4 is 0 Å². The summed E-state index contributed by atoms with van der Waals surface area (Å²) < 4.78 is 41.8. The van der Waals surface area contributed by atoms with Crippen LogP contribution in [0.2, 0.25) is 0 Å². The fraction of sp³-hybridized carbons (Fsp3) is 0.500. The molecule has 18 heavy (non-hydrogen) atoms. The number of carbonyl (C=O) groups is 4. The second-order valence-electron chi connectivity index (χ2n) is 2.88. The molecule has 0 bridgehead atoms. The Labute approximate surface area is 97.7 Å². The van der Waals surface area contributed by atoms with Gasteiger partial charge in [-0.2, -0.15) is 8.78 Å². The zero-order valence-electron chi connectivity index (χ0n) is 8.64. The van der Waals surface area contributed by atoms with Crippen molar-refractivity contribution in [2.45, 2.75) is 12.3 Å². The summed E-state index contributed by atoms with van der Waals surface area (Å²) in [5.74, 6) is -11.4. The molecular weight excluding hydrogens is 262 g/mol. The first-order valence-corrected chi connectivity index (χ1v) is 4.37. The van der Waals surface area contributed by atoms with Crippen LogP contribution in [0.25, 0.3) is 0 Å². The zero-order valence-corrected chi connectivity index (χ0v) is 8.64. The Hall–Kier alpha value is -2.26. The molecule has 10 heteroatoms. The van der Waals surface area contributed by atoms with Gasteiger partial charge in [0.05, 0.1) is 0 Å². The maximum absolute atomic E-state index is 12.9. The summed E-state index contributed by atoms with van der Waals surface area (Å²) in [6.45, 7) is -2.32. The highest BCUT2D eigenvalue weighted by atomic mass is 19.3. The Morgan fingerprint density at radius 3 is 1.56 bits per heavy atom. The quantitative estimate of drug-likeness (QED) is 0.411. The molecule has 1 aliphatic heterocycles. The predicted octanol–water partition coefficient (Wildman–Crippen LogP) is -0.887.